The Bertz CT molecular complexity index is 1530. The van der Waals surface area contributed by atoms with Crippen LogP contribution in [0.4, 0.5) is 21.7 Å². The van der Waals surface area contributed by atoms with Gasteiger partial charge in [0.1, 0.15) is 10.8 Å². The molecule has 0 bridgehead atoms. The number of hydrogen-bond acceptors (Lipinski definition) is 9. The Kier molecular flexibility index (Phi) is 6.96. The van der Waals surface area contributed by atoms with Crippen LogP contribution in [0, 0.1) is 12.7 Å². The van der Waals surface area contributed by atoms with Crippen molar-refractivity contribution in [1.29, 1.82) is 0 Å². The third kappa shape index (κ3) is 5.16. The number of aromatic amines is 1. The fourth-order valence-electron chi connectivity index (χ4n) is 3.63. The van der Waals surface area contributed by atoms with Gasteiger partial charge in [-0.05, 0) is 25.1 Å². The normalized spacial score (nSPS) is 11.5. The highest BCUT2D eigenvalue weighted by atomic mass is 32.2. The number of H-pyrrole nitrogens is 1. The highest BCUT2D eigenvalue weighted by Gasteiger charge is 2.26. The molecule has 0 saturated carbocycles. The Balaban J connectivity index is 1.93. The van der Waals surface area contributed by atoms with E-state index in [1.54, 1.807) is 18.0 Å². The second-order valence-electron chi connectivity index (χ2n) is 8.35. The zero-order valence-electron chi connectivity index (χ0n) is 20.6. The summed E-state index contributed by atoms with van der Waals surface area (Å²) < 4.78 is 46.2. The molecule has 0 atom stereocenters. The van der Waals surface area contributed by atoms with Crippen LogP contribution in [0.25, 0.3) is 11.1 Å². The van der Waals surface area contributed by atoms with Crippen LogP contribution in [0.5, 0.6) is 5.75 Å². The lowest BCUT2D eigenvalue weighted by molar-refractivity contribution is 0.416. The van der Waals surface area contributed by atoms with Crippen LogP contribution in [0.2, 0.25) is 0 Å². The van der Waals surface area contributed by atoms with Crippen molar-refractivity contribution in [2.75, 3.05) is 37.7 Å². The van der Waals surface area contributed by atoms with Crippen molar-refractivity contribution in [2.24, 2.45) is 7.05 Å². The number of aryl methyl sites for hydroxylation is 2. The zero-order chi connectivity index (χ0) is 26.2. The van der Waals surface area contributed by atoms with Crippen LogP contribution < -0.4 is 15.0 Å². The molecule has 0 aliphatic heterocycles. The topological polar surface area (TPSA) is 118 Å². The fourth-order valence-corrected chi connectivity index (χ4v) is 5.28. The van der Waals surface area contributed by atoms with Gasteiger partial charge >= 0.3 is 0 Å². The number of methoxy groups -OCH3 is 1. The van der Waals surface area contributed by atoms with E-state index in [1.807, 2.05) is 45.2 Å². The lowest BCUT2D eigenvalue weighted by atomic mass is 10.1. The van der Waals surface area contributed by atoms with E-state index in [4.69, 9.17) is 9.72 Å². The van der Waals surface area contributed by atoms with Crippen molar-refractivity contribution in [1.82, 2.24) is 25.0 Å². The number of hydrogen-bond donors (Lipinski definition) is 2. The first-order chi connectivity index (χ1) is 17.0. The highest BCUT2D eigenvalue weighted by Crippen LogP contribution is 2.48. The summed E-state index contributed by atoms with van der Waals surface area (Å²) in [6.07, 6.45) is 4.60. The lowest BCUT2D eigenvalue weighted by Gasteiger charge is -2.24. The Hall–Kier alpha value is -3.58. The molecule has 0 unspecified atom stereocenters. The minimum atomic E-state index is -3.54. The van der Waals surface area contributed by atoms with E-state index in [9.17, 15) is 8.42 Å². The van der Waals surface area contributed by atoms with Gasteiger partial charge in [0.15, 0.2) is 27.2 Å². The largest absolute Gasteiger partial charge is 0.492 e. The summed E-state index contributed by atoms with van der Waals surface area (Å²) in [6, 6.07) is 5.66. The van der Waals surface area contributed by atoms with Gasteiger partial charge in [-0.25, -0.2) is 17.8 Å². The molecule has 0 radical (unpaired) electrons. The number of sulfone groups is 1. The maximum absolute atomic E-state index is 15.0. The molecule has 0 aliphatic carbocycles. The van der Waals surface area contributed by atoms with Crippen LogP contribution in [0.3, 0.4) is 0 Å². The van der Waals surface area contributed by atoms with Gasteiger partial charge in [0, 0.05) is 55.8 Å². The maximum atomic E-state index is 15.0. The average Bonchev–Trinajstić information content (AvgIpc) is 3.41. The number of aromatic nitrogens is 5. The number of anilines is 3. The summed E-state index contributed by atoms with van der Waals surface area (Å²) in [4.78, 5) is 6.79. The molecule has 3 aromatic heterocycles. The van der Waals surface area contributed by atoms with Crippen molar-refractivity contribution in [3.63, 3.8) is 0 Å². The third-order valence-corrected chi connectivity index (χ3v) is 7.37. The summed E-state index contributed by atoms with van der Waals surface area (Å²) in [5.74, 6) is 0.715. The zero-order valence-corrected chi connectivity index (χ0v) is 22.3. The molecule has 0 saturated heterocycles. The second kappa shape index (κ2) is 9.82. The van der Waals surface area contributed by atoms with E-state index >= 15 is 4.39 Å². The predicted molar refractivity (Wildman–Crippen MR) is 138 cm³/mol. The van der Waals surface area contributed by atoms with E-state index in [2.05, 4.69) is 20.6 Å². The molecule has 2 N–H and O–H groups in total. The van der Waals surface area contributed by atoms with Crippen LogP contribution >= 0.6 is 11.8 Å². The number of benzene rings is 1. The number of pyridine rings is 1. The Morgan fingerprint density at radius 1 is 1.25 bits per heavy atom. The molecule has 0 spiro atoms. The minimum Gasteiger partial charge on any atom is -0.492 e. The molecule has 36 heavy (non-hydrogen) atoms. The van der Waals surface area contributed by atoms with Gasteiger partial charge in [0.05, 0.1) is 29.5 Å². The van der Waals surface area contributed by atoms with E-state index in [-0.39, 0.29) is 9.79 Å². The summed E-state index contributed by atoms with van der Waals surface area (Å²) in [5, 5.41) is 15.1. The Labute approximate surface area is 212 Å². The molecule has 4 rings (SSSR count). The molecular weight excluding hydrogens is 505 g/mol. The second-order valence-corrected chi connectivity index (χ2v) is 11.4. The van der Waals surface area contributed by atoms with E-state index < -0.39 is 15.7 Å². The molecule has 0 aliphatic rings. The van der Waals surface area contributed by atoms with Crippen LogP contribution in [-0.4, -0.2) is 60.8 Å². The van der Waals surface area contributed by atoms with Gasteiger partial charge in [-0.3, -0.25) is 9.78 Å². The summed E-state index contributed by atoms with van der Waals surface area (Å²) >= 11 is 1.08. The predicted octanol–water partition coefficient (Wildman–Crippen LogP) is 4.03. The number of ether oxygens (including phenoxy) is 1. The van der Waals surface area contributed by atoms with E-state index in [0.717, 1.165) is 35.3 Å². The first kappa shape index (κ1) is 25.5. The number of nitrogens with one attached hydrogen (secondary N) is 2. The fraction of sp³-hybridized carbons (Fsp3) is 0.261. The van der Waals surface area contributed by atoms with Crippen LogP contribution in [0.15, 0.2) is 51.5 Å². The van der Waals surface area contributed by atoms with Gasteiger partial charge < -0.3 is 15.0 Å². The van der Waals surface area contributed by atoms with Crippen molar-refractivity contribution >= 4 is 38.9 Å². The summed E-state index contributed by atoms with van der Waals surface area (Å²) in [7, 11) is 3.53. The van der Waals surface area contributed by atoms with E-state index in [1.165, 1.54) is 12.1 Å². The summed E-state index contributed by atoms with van der Waals surface area (Å²) in [6.45, 7) is 1.88. The van der Waals surface area contributed by atoms with Gasteiger partial charge in [0.25, 0.3) is 0 Å². The summed E-state index contributed by atoms with van der Waals surface area (Å²) in [5.41, 5.74) is 3.02. The number of nitrogens with zero attached hydrogens (tertiary/aromatic N) is 5. The highest BCUT2D eigenvalue weighted by molar-refractivity contribution is 7.99. The molecule has 0 fully saturated rings. The standard InChI is InChI=1S/C23H26FN7O3S2/c1-13-9-18(29-28-13)26-22-21(34-5)19(14-11-25-31(4)12-14)20(30(2)3)23(27-22)35-17-8-7-15(10-16(17)24)36(6,32)33/h7-12H,1-6H3,(H2,26,27,28,29). The minimum absolute atomic E-state index is 0.0906. The average molecular weight is 532 g/mol. The number of halogens is 1. The monoisotopic (exact) mass is 531 g/mol. The maximum Gasteiger partial charge on any atom is 0.176 e. The van der Waals surface area contributed by atoms with Gasteiger partial charge in [-0.15, -0.1) is 0 Å². The van der Waals surface area contributed by atoms with Crippen molar-refractivity contribution in [3.05, 3.63) is 48.2 Å². The Morgan fingerprint density at radius 3 is 2.53 bits per heavy atom. The van der Waals surface area contributed by atoms with Gasteiger partial charge in [-0.2, -0.15) is 10.2 Å². The van der Waals surface area contributed by atoms with E-state index in [0.29, 0.717) is 33.7 Å². The van der Waals surface area contributed by atoms with Crippen LogP contribution in [0.1, 0.15) is 5.69 Å². The first-order valence-electron chi connectivity index (χ1n) is 10.7. The molecule has 0 amide bonds. The quantitative estimate of drug-likeness (QED) is 0.347. The SMILES string of the molecule is COc1c(Nc2cc(C)[nH]n2)nc(Sc2ccc(S(C)(=O)=O)cc2F)c(N(C)C)c1-c1cnn(C)c1. The Morgan fingerprint density at radius 2 is 2.00 bits per heavy atom. The first-order valence-corrected chi connectivity index (χ1v) is 13.4. The third-order valence-electron chi connectivity index (χ3n) is 5.23. The molecule has 190 valence electrons. The van der Waals surface area contributed by atoms with Gasteiger partial charge in [-0.1, -0.05) is 11.8 Å². The lowest BCUT2D eigenvalue weighted by Crippen LogP contribution is -2.14. The smallest absolute Gasteiger partial charge is 0.176 e. The molecular formula is C23H26FN7O3S2. The number of rotatable bonds is 8. The molecule has 10 nitrogen and oxygen atoms in total. The van der Waals surface area contributed by atoms with Crippen LogP contribution in [-0.2, 0) is 16.9 Å². The van der Waals surface area contributed by atoms with Crippen molar-refractivity contribution in [2.45, 2.75) is 21.7 Å². The van der Waals surface area contributed by atoms with Crippen molar-refractivity contribution in [3.8, 4) is 16.9 Å². The molecule has 1 aromatic carbocycles. The van der Waals surface area contributed by atoms with Gasteiger partial charge in [0.2, 0.25) is 0 Å². The van der Waals surface area contributed by atoms with Crippen molar-refractivity contribution < 1.29 is 17.5 Å². The molecule has 3 heterocycles. The molecule has 4 aromatic rings. The molecule has 13 heteroatoms.